The first kappa shape index (κ1) is 23.6. The van der Waals surface area contributed by atoms with Gasteiger partial charge >= 0.3 is 0 Å². The number of H-pyrrole nitrogens is 2. The Morgan fingerprint density at radius 3 is 2.77 bits per heavy atom. The van der Waals surface area contributed by atoms with Crippen LogP contribution in [0.4, 0.5) is 4.39 Å². The molecule has 0 bridgehead atoms. The van der Waals surface area contributed by atoms with Crippen molar-refractivity contribution in [2.45, 2.75) is 25.3 Å². The minimum atomic E-state index is -0.604. The second-order valence-electron chi connectivity index (χ2n) is 10.3. The van der Waals surface area contributed by atoms with Gasteiger partial charge in [-0.15, -0.1) is 5.10 Å². The number of hydrogen-bond acceptors (Lipinski definition) is 5. The lowest BCUT2D eigenvalue weighted by molar-refractivity contribution is 0.482. The van der Waals surface area contributed by atoms with Crippen LogP contribution in [0, 0.1) is 18.8 Å². The molecule has 5 heterocycles. The molecule has 40 heavy (non-hydrogen) atoms. The number of fused-ring (bicyclic) bond motifs is 4. The van der Waals surface area contributed by atoms with Crippen LogP contribution in [0.5, 0.6) is 0 Å². The molecule has 2 N–H and O–H groups in total. The van der Waals surface area contributed by atoms with Crippen LogP contribution in [0.15, 0.2) is 59.5 Å². The van der Waals surface area contributed by atoms with Crippen LogP contribution < -0.4 is 5.56 Å². The fraction of sp³-hybridized carbons (Fsp3) is 0.179. The number of benzene rings is 2. The van der Waals surface area contributed by atoms with E-state index in [2.05, 4.69) is 30.5 Å². The van der Waals surface area contributed by atoms with Crippen molar-refractivity contribution in [3.63, 3.8) is 0 Å². The number of pyridine rings is 1. The Kier molecular flexibility index (Phi) is 4.93. The van der Waals surface area contributed by atoms with E-state index in [1.165, 1.54) is 0 Å². The molecule has 3 atom stereocenters. The van der Waals surface area contributed by atoms with Crippen LogP contribution in [-0.4, -0.2) is 39.7 Å². The molecule has 198 valence electrons. The summed E-state index contributed by atoms with van der Waals surface area (Å²) < 4.78 is 18.6. The Morgan fingerprint density at radius 1 is 1.07 bits per heavy atom. The number of halogens is 3. The van der Waals surface area contributed by atoms with E-state index in [4.69, 9.17) is 23.2 Å². The molecule has 6 aromatic rings. The molecule has 1 aliphatic carbocycles. The average Bonchev–Trinajstić information content (AvgIpc) is 3.20. The molecule has 0 spiro atoms. The maximum atomic E-state index is 15.4. The number of nitrogens with one attached hydrogen (secondary N) is 2. The summed E-state index contributed by atoms with van der Waals surface area (Å²) in [5.74, 6) is 0.0548. The predicted octanol–water partition coefficient (Wildman–Crippen LogP) is 5.82. The van der Waals surface area contributed by atoms with Gasteiger partial charge in [-0.1, -0.05) is 40.5 Å². The molecule has 4 aromatic heterocycles. The van der Waals surface area contributed by atoms with Crippen LogP contribution >= 0.6 is 23.2 Å². The number of rotatable bonds is 4. The lowest BCUT2D eigenvalue weighted by Crippen LogP contribution is -2.26. The van der Waals surface area contributed by atoms with Crippen LogP contribution in [0.3, 0.4) is 0 Å². The van der Waals surface area contributed by atoms with Gasteiger partial charge in [0.05, 0.1) is 29.1 Å². The first-order valence-corrected chi connectivity index (χ1v) is 13.5. The van der Waals surface area contributed by atoms with Gasteiger partial charge in [-0.3, -0.25) is 9.89 Å². The SMILES string of the molecule is Cc1[nH]nc2cc(-c3nc(F)c(C4C5CC5c5cc(-c6cc(Cl)ccc6-n6cc(Cl)nn6)cc(=O)n54)[nH]3)ccc12. The minimum Gasteiger partial charge on any atom is -0.338 e. The van der Waals surface area contributed by atoms with Gasteiger partial charge in [-0.05, 0) is 55.2 Å². The molecule has 9 nitrogen and oxygen atoms in total. The monoisotopic (exact) mass is 572 g/mol. The van der Waals surface area contributed by atoms with Gasteiger partial charge in [0.1, 0.15) is 5.82 Å². The van der Waals surface area contributed by atoms with Gasteiger partial charge in [0, 0.05) is 44.9 Å². The largest absolute Gasteiger partial charge is 0.338 e. The zero-order chi connectivity index (χ0) is 27.3. The van der Waals surface area contributed by atoms with Gasteiger partial charge in [0.2, 0.25) is 5.95 Å². The molecule has 2 aromatic carbocycles. The summed E-state index contributed by atoms with van der Waals surface area (Å²) >= 11 is 12.4. The Balaban J connectivity index is 1.21. The van der Waals surface area contributed by atoms with Crippen molar-refractivity contribution in [1.82, 2.24) is 39.7 Å². The molecule has 2 aliphatic rings. The van der Waals surface area contributed by atoms with Gasteiger partial charge in [0.25, 0.3) is 5.56 Å². The number of imidazole rings is 1. The average molecular weight is 573 g/mol. The standard InChI is InChI=1S/C28H19Cl2FN8O/c1-12-16-4-2-13(6-20(16)35-34-12)28-32-25(27(31)33-28)26-19-10-18(19)22-7-14(8-24(40)39(22)26)17-9-15(29)3-5-21(17)38-11-23(30)36-37-38/h2-9,11,18-19,26H,10H2,1H3,(H,32,33)(H,34,35). The van der Waals surface area contributed by atoms with E-state index in [1.54, 1.807) is 39.7 Å². The first-order valence-electron chi connectivity index (χ1n) is 12.7. The summed E-state index contributed by atoms with van der Waals surface area (Å²) in [6, 6.07) is 14.1. The third-order valence-electron chi connectivity index (χ3n) is 7.98. The highest BCUT2D eigenvalue weighted by Crippen LogP contribution is 2.61. The van der Waals surface area contributed by atoms with Crippen molar-refractivity contribution in [2.24, 2.45) is 5.92 Å². The van der Waals surface area contributed by atoms with Crippen LogP contribution in [0.1, 0.15) is 35.5 Å². The Morgan fingerprint density at radius 2 is 1.95 bits per heavy atom. The summed E-state index contributed by atoms with van der Waals surface area (Å²) in [6.07, 6.45) is 2.45. The van der Waals surface area contributed by atoms with E-state index < -0.39 is 12.0 Å². The lowest BCUT2D eigenvalue weighted by atomic mass is 10.0. The van der Waals surface area contributed by atoms with E-state index in [-0.39, 0.29) is 22.5 Å². The third-order valence-corrected chi connectivity index (χ3v) is 8.39. The van der Waals surface area contributed by atoms with Crippen molar-refractivity contribution in [3.8, 4) is 28.2 Å². The summed E-state index contributed by atoms with van der Waals surface area (Å²) in [4.78, 5) is 21.0. The van der Waals surface area contributed by atoms with Crippen molar-refractivity contribution in [3.05, 3.63) is 98.3 Å². The van der Waals surface area contributed by atoms with Crippen molar-refractivity contribution in [2.75, 3.05) is 0 Å². The Labute approximate surface area is 235 Å². The smallest absolute Gasteiger partial charge is 0.251 e. The number of aromatic amines is 2. The zero-order valence-electron chi connectivity index (χ0n) is 20.9. The van der Waals surface area contributed by atoms with E-state index in [0.29, 0.717) is 33.4 Å². The Bertz CT molecular complexity index is 2060. The molecular weight excluding hydrogens is 554 g/mol. The summed E-state index contributed by atoms with van der Waals surface area (Å²) in [6.45, 7) is 1.95. The van der Waals surface area contributed by atoms with Crippen LogP contribution in [0.25, 0.3) is 39.1 Å². The first-order chi connectivity index (χ1) is 19.4. The minimum absolute atomic E-state index is 0.107. The highest BCUT2D eigenvalue weighted by molar-refractivity contribution is 6.31. The molecule has 1 aliphatic heterocycles. The van der Waals surface area contributed by atoms with Gasteiger partial charge in [-0.2, -0.15) is 9.49 Å². The van der Waals surface area contributed by atoms with Crippen LogP contribution in [0.2, 0.25) is 10.2 Å². The molecule has 3 unspecified atom stereocenters. The second kappa shape index (κ2) is 8.36. The molecule has 8 rings (SSSR count). The van der Waals surface area contributed by atoms with Crippen molar-refractivity contribution < 1.29 is 4.39 Å². The molecular formula is C28H19Cl2FN8O. The van der Waals surface area contributed by atoms with Crippen LogP contribution in [-0.2, 0) is 0 Å². The fourth-order valence-electron chi connectivity index (χ4n) is 6.07. The fourth-order valence-corrected chi connectivity index (χ4v) is 6.37. The van der Waals surface area contributed by atoms with Gasteiger partial charge < -0.3 is 9.55 Å². The molecule has 1 fully saturated rings. The maximum Gasteiger partial charge on any atom is 0.251 e. The second-order valence-corrected chi connectivity index (χ2v) is 11.2. The number of aryl methyl sites for hydroxylation is 1. The highest BCUT2D eigenvalue weighted by Gasteiger charge is 2.54. The predicted molar refractivity (Wildman–Crippen MR) is 148 cm³/mol. The quantitative estimate of drug-likeness (QED) is 0.276. The summed E-state index contributed by atoms with van der Waals surface area (Å²) in [5.41, 5.74) is 5.51. The molecule has 0 radical (unpaired) electrons. The maximum absolute atomic E-state index is 15.4. The highest BCUT2D eigenvalue weighted by atomic mass is 35.5. The molecule has 12 heteroatoms. The molecule has 1 saturated carbocycles. The van der Waals surface area contributed by atoms with Gasteiger partial charge in [0.15, 0.2) is 5.15 Å². The van der Waals surface area contributed by atoms with Crippen molar-refractivity contribution >= 4 is 34.1 Å². The van der Waals surface area contributed by atoms with E-state index in [1.807, 2.05) is 31.2 Å². The molecule has 0 saturated heterocycles. The van der Waals surface area contributed by atoms with E-state index in [9.17, 15) is 4.79 Å². The third kappa shape index (κ3) is 3.49. The van der Waals surface area contributed by atoms with Crippen molar-refractivity contribution in [1.29, 1.82) is 0 Å². The van der Waals surface area contributed by atoms with E-state index >= 15 is 4.39 Å². The normalized spacial score (nSPS) is 19.2. The van der Waals surface area contributed by atoms with Gasteiger partial charge in [-0.25, -0.2) is 9.67 Å². The zero-order valence-corrected chi connectivity index (χ0v) is 22.4. The Hall–Kier alpha value is -4.28. The number of hydrogen-bond donors (Lipinski definition) is 2. The lowest BCUT2D eigenvalue weighted by Gasteiger charge is -2.18. The summed E-state index contributed by atoms with van der Waals surface area (Å²) in [5, 5.41) is 17.0. The van der Waals surface area contributed by atoms with E-state index in [0.717, 1.165) is 34.3 Å². The summed E-state index contributed by atoms with van der Waals surface area (Å²) in [7, 11) is 0. The topological polar surface area (TPSA) is 110 Å². The molecule has 0 amide bonds. The number of aromatic nitrogens is 8. The number of nitrogens with zero attached hydrogens (tertiary/aromatic N) is 6.